The number of benzene rings is 1. The molecule has 5 nitrogen and oxygen atoms in total. The number of hydrogen-bond donors (Lipinski definition) is 3. The maximum absolute atomic E-state index is 9.52. The second kappa shape index (κ2) is 4.48. The van der Waals surface area contributed by atoms with Gasteiger partial charge in [0.25, 0.3) is 0 Å². The van der Waals surface area contributed by atoms with Crippen LogP contribution in [0.3, 0.4) is 0 Å². The first-order valence-corrected chi connectivity index (χ1v) is 4.85. The van der Waals surface area contributed by atoms with Crippen LogP contribution < -0.4 is 11.1 Å². The number of phenols is 1. The third-order valence-electron chi connectivity index (χ3n) is 2.07. The van der Waals surface area contributed by atoms with Crippen LogP contribution in [0.25, 0.3) is 0 Å². The van der Waals surface area contributed by atoms with Gasteiger partial charge in [0.2, 0.25) is 0 Å². The van der Waals surface area contributed by atoms with Gasteiger partial charge in [0.1, 0.15) is 17.4 Å². The average Bonchev–Trinajstić information content (AvgIpc) is 2.28. The van der Waals surface area contributed by atoms with Gasteiger partial charge >= 0.3 is 0 Å². The van der Waals surface area contributed by atoms with E-state index in [1.165, 1.54) is 0 Å². The van der Waals surface area contributed by atoms with Crippen molar-refractivity contribution in [1.29, 1.82) is 0 Å². The van der Waals surface area contributed by atoms with Gasteiger partial charge in [-0.05, 0) is 18.2 Å². The van der Waals surface area contributed by atoms with Crippen molar-refractivity contribution in [2.45, 2.75) is 6.54 Å². The third-order valence-corrected chi connectivity index (χ3v) is 2.07. The molecule has 0 spiro atoms. The fourth-order valence-electron chi connectivity index (χ4n) is 1.30. The van der Waals surface area contributed by atoms with E-state index in [0.717, 1.165) is 0 Å². The first kappa shape index (κ1) is 10.2. The van der Waals surface area contributed by atoms with E-state index in [0.29, 0.717) is 23.9 Å². The molecule has 2 aromatic rings. The Hall–Kier alpha value is -2.30. The number of nitrogens with two attached hydrogens (primary N) is 1. The maximum atomic E-state index is 9.52. The molecule has 0 saturated heterocycles. The molecule has 0 aliphatic carbocycles. The van der Waals surface area contributed by atoms with Crippen LogP contribution in [0.4, 0.5) is 11.5 Å². The number of rotatable bonds is 3. The zero-order chi connectivity index (χ0) is 11.4. The van der Waals surface area contributed by atoms with Gasteiger partial charge in [0.05, 0.1) is 12.2 Å². The standard InChI is InChI=1S/C11H12N4O/c12-10-5-6-13-11(15-10)7-14-8-3-1-2-4-9(8)16/h1-6,14,16H,7H2,(H2,12,13,15). The highest BCUT2D eigenvalue weighted by Crippen LogP contribution is 2.21. The lowest BCUT2D eigenvalue weighted by Crippen LogP contribution is -2.05. The predicted molar refractivity (Wildman–Crippen MR) is 61.9 cm³/mol. The predicted octanol–water partition coefficient (Wildman–Crippen LogP) is 1.38. The van der Waals surface area contributed by atoms with Crippen LogP contribution in [-0.4, -0.2) is 15.1 Å². The molecule has 0 amide bonds. The van der Waals surface area contributed by atoms with Crippen molar-refractivity contribution in [3.63, 3.8) is 0 Å². The lowest BCUT2D eigenvalue weighted by atomic mass is 10.3. The summed E-state index contributed by atoms with van der Waals surface area (Å²) in [5.74, 6) is 1.22. The molecular formula is C11H12N4O. The summed E-state index contributed by atoms with van der Waals surface area (Å²) in [6, 6.07) is 8.62. The summed E-state index contributed by atoms with van der Waals surface area (Å²) in [5.41, 5.74) is 6.18. The van der Waals surface area contributed by atoms with E-state index < -0.39 is 0 Å². The monoisotopic (exact) mass is 216 g/mol. The number of hydrogen-bond acceptors (Lipinski definition) is 5. The lowest BCUT2D eigenvalue weighted by molar-refractivity contribution is 0.477. The second-order valence-corrected chi connectivity index (χ2v) is 3.27. The Morgan fingerprint density at radius 1 is 1.25 bits per heavy atom. The van der Waals surface area contributed by atoms with E-state index in [1.54, 1.807) is 30.5 Å². The van der Waals surface area contributed by atoms with Crippen LogP contribution >= 0.6 is 0 Å². The molecule has 16 heavy (non-hydrogen) atoms. The van der Waals surface area contributed by atoms with E-state index in [9.17, 15) is 5.11 Å². The molecule has 0 fully saturated rings. The Balaban J connectivity index is 2.05. The maximum Gasteiger partial charge on any atom is 0.149 e. The minimum Gasteiger partial charge on any atom is -0.506 e. The Bertz CT molecular complexity index is 487. The number of nitrogens with zero attached hydrogens (tertiary/aromatic N) is 2. The normalized spacial score (nSPS) is 10.0. The molecule has 0 unspecified atom stereocenters. The number of phenolic OH excluding ortho intramolecular Hbond substituents is 1. The summed E-state index contributed by atoms with van der Waals surface area (Å²) in [6.45, 7) is 0.419. The molecule has 0 atom stereocenters. The molecule has 0 aliphatic heterocycles. The van der Waals surface area contributed by atoms with Crippen LogP contribution in [0.2, 0.25) is 0 Å². The zero-order valence-corrected chi connectivity index (χ0v) is 8.59. The Labute approximate surface area is 93.0 Å². The van der Waals surface area contributed by atoms with Crippen molar-refractivity contribution in [3.05, 3.63) is 42.4 Å². The molecule has 1 aromatic heterocycles. The summed E-state index contributed by atoms with van der Waals surface area (Å²) < 4.78 is 0. The van der Waals surface area contributed by atoms with Crippen molar-refractivity contribution in [2.75, 3.05) is 11.1 Å². The number of nitrogen functional groups attached to an aromatic ring is 1. The van der Waals surface area contributed by atoms with Crippen LogP contribution in [0.5, 0.6) is 5.75 Å². The lowest BCUT2D eigenvalue weighted by Gasteiger charge is -2.07. The van der Waals surface area contributed by atoms with Gasteiger partial charge in [-0.15, -0.1) is 0 Å². The Kier molecular flexibility index (Phi) is 2.86. The summed E-state index contributed by atoms with van der Waals surface area (Å²) in [7, 11) is 0. The topological polar surface area (TPSA) is 84.1 Å². The quantitative estimate of drug-likeness (QED) is 0.675. The molecule has 82 valence electrons. The molecule has 0 aliphatic rings. The largest absolute Gasteiger partial charge is 0.506 e. The van der Waals surface area contributed by atoms with Crippen LogP contribution in [0, 0.1) is 0 Å². The summed E-state index contributed by atoms with van der Waals surface area (Å²) in [4.78, 5) is 8.09. The van der Waals surface area contributed by atoms with Gasteiger partial charge in [-0.3, -0.25) is 0 Å². The van der Waals surface area contributed by atoms with Crippen LogP contribution in [0.15, 0.2) is 36.5 Å². The summed E-state index contributed by atoms with van der Waals surface area (Å²) in [6.07, 6.45) is 1.60. The molecule has 5 heteroatoms. The number of aromatic hydroxyl groups is 1. The van der Waals surface area contributed by atoms with Crippen molar-refractivity contribution >= 4 is 11.5 Å². The SMILES string of the molecule is Nc1ccnc(CNc2ccccc2O)n1. The highest BCUT2D eigenvalue weighted by Gasteiger charge is 2.00. The molecular weight excluding hydrogens is 204 g/mol. The summed E-state index contributed by atoms with van der Waals surface area (Å²) >= 11 is 0. The van der Waals surface area contributed by atoms with Crippen molar-refractivity contribution in [3.8, 4) is 5.75 Å². The zero-order valence-electron chi connectivity index (χ0n) is 8.59. The molecule has 1 aromatic carbocycles. The first-order chi connectivity index (χ1) is 7.75. The minimum atomic E-state index is 0.200. The van der Waals surface area contributed by atoms with Gasteiger partial charge in [-0.2, -0.15) is 0 Å². The van der Waals surface area contributed by atoms with Gasteiger partial charge < -0.3 is 16.2 Å². The van der Waals surface area contributed by atoms with Crippen molar-refractivity contribution in [1.82, 2.24) is 9.97 Å². The number of anilines is 2. The van der Waals surface area contributed by atoms with E-state index in [2.05, 4.69) is 15.3 Å². The molecule has 0 saturated carbocycles. The smallest absolute Gasteiger partial charge is 0.149 e. The number of aromatic nitrogens is 2. The first-order valence-electron chi connectivity index (χ1n) is 4.85. The van der Waals surface area contributed by atoms with Crippen molar-refractivity contribution in [2.24, 2.45) is 0 Å². The highest BCUT2D eigenvalue weighted by molar-refractivity contribution is 5.55. The number of nitrogens with one attached hydrogen (secondary N) is 1. The molecule has 0 radical (unpaired) electrons. The molecule has 2 rings (SSSR count). The van der Waals surface area contributed by atoms with Gasteiger partial charge in [-0.1, -0.05) is 12.1 Å². The Morgan fingerprint density at radius 3 is 2.81 bits per heavy atom. The van der Waals surface area contributed by atoms with E-state index in [4.69, 9.17) is 5.73 Å². The second-order valence-electron chi connectivity index (χ2n) is 3.27. The summed E-state index contributed by atoms with van der Waals surface area (Å²) in [5, 5.41) is 12.5. The van der Waals surface area contributed by atoms with Gasteiger partial charge in [0.15, 0.2) is 0 Å². The van der Waals surface area contributed by atoms with Crippen LogP contribution in [0.1, 0.15) is 5.82 Å². The average molecular weight is 216 g/mol. The highest BCUT2D eigenvalue weighted by atomic mass is 16.3. The molecule has 4 N–H and O–H groups in total. The van der Waals surface area contributed by atoms with Gasteiger partial charge in [0, 0.05) is 6.20 Å². The van der Waals surface area contributed by atoms with E-state index >= 15 is 0 Å². The Morgan fingerprint density at radius 2 is 2.06 bits per heavy atom. The van der Waals surface area contributed by atoms with Crippen LogP contribution in [-0.2, 0) is 6.54 Å². The fourth-order valence-corrected chi connectivity index (χ4v) is 1.30. The molecule has 1 heterocycles. The van der Waals surface area contributed by atoms with Crippen molar-refractivity contribution < 1.29 is 5.11 Å². The van der Waals surface area contributed by atoms with Gasteiger partial charge in [-0.25, -0.2) is 9.97 Å². The van der Waals surface area contributed by atoms with E-state index in [-0.39, 0.29) is 5.75 Å². The van der Waals surface area contributed by atoms with E-state index in [1.807, 2.05) is 6.07 Å². The molecule has 0 bridgehead atoms. The minimum absolute atomic E-state index is 0.200. The number of para-hydroxylation sites is 2. The fraction of sp³-hybridized carbons (Fsp3) is 0.0909. The third kappa shape index (κ3) is 2.38.